The van der Waals surface area contributed by atoms with Crippen LogP contribution in [0.25, 0.3) is 6.08 Å². The van der Waals surface area contributed by atoms with Crippen LogP contribution in [0.5, 0.6) is 0 Å². The minimum atomic E-state index is -0.862. The number of carbonyl (C=O) groups excluding carboxylic acids is 1. The molecule has 0 bridgehead atoms. The van der Waals surface area contributed by atoms with Crippen molar-refractivity contribution < 1.29 is 4.79 Å². The van der Waals surface area contributed by atoms with E-state index in [4.69, 9.17) is 5.73 Å². The Morgan fingerprint density at radius 2 is 2.08 bits per heavy atom. The van der Waals surface area contributed by atoms with Crippen LogP contribution < -0.4 is 5.73 Å². The molecular formula is C9H9NOS. The first kappa shape index (κ1) is 7.43. The van der Waals surface area contributed by atoms with E-state index in [1.807, 2.05) is 35.7 Å². The van der Waals surface area contributed by atoms with E-state index in [1.165, 1.54) is 0 Å². The van der Waals surface area contributed by atoms with Crippen LogP contribution in [0.2, 0.25) is 0 Å². The van der Waals surface area contributed by atoms with Gasteiger partial charge in [0.1, 0.15) is 0 Å². The number of thiol groups is 1. The average Bonchev–Trinajstić information content (AvgIpc) is 2.47. The zero-order valence-electron chi connectivity index (χ0n) is 6.40. The van der Waals surface area contributed by atoms with Crippen molar-refractivity contribution in [2.24, 2.45) is 5.73 Å². The van der Waals surface area contributed by atoms with E-state index in [0.29, 0.717) is 0 Å². The van der Waals surface area contributed by atoms with Gasteiger partial charge in [0.25, 0.3) is 5.24 Å². The summed E-state index contributed by atoms with van der Waals surface area (Å²) in [5.74, 6) is 0. The van der Waals surface area contributed by atoms with Crippen LogP contribution in [0, 0.1) is 0 Å². The lowest BCUT2D eigenvalue weighted by molar-refractivity contribution is 0.267. The lowest BCUT2D eigenvalue weighted by Crippen LogP contribution is -2.06. The first-order chi connectivity index (χ1) is 5.79. The Balaban J connectivity index is 2.49. The SMILES string of the molecule is NC(=O)[SH]1C=Cc2ccccc21. The van der Waals surface area contributed by atoms with Crippen molar-refractivity contribution in [1.82, 2.24) is 0 Å². The number of fused-ring (bicyclic) bond motifs is 1. The topological polar surface area (TPSA) is 43.1 Å². The Bertz CT molecular complexity index is 359. The summed E-state index contributed by atoms with van der Waals surface area (Å²) < 4.78 is 0. The molecule has 3 heteroatoms. The van der Waals surface area contributed by atoms with Crippen molar-refractivity contribution in [3.8, 4) is 0 Å². The van der Waals surface area contributed by atoms with E-state index < -0.39 is 10.9 Å². The molecule has 62 valence electrons. The van der Waals surface area contributed by atoms with Crippen molar-refractivity contribution in [3.05, 3.63) is 35.2 Å². The number of primary amides is 1. The highest BCUT2D eigenvalue weighted by Crippen LogP contribution is 2.45. The van der Waals surface area contributed by atoms with Crippen LogP contribution in [0.3, 0.4) is 0 Å². The second-order valence-corrected chi connectivity index (χ2v) is 4.54. The molecule has 1 heterocycles. The third kappa shape index (κ3) is 1.02. The Kier molecular flexibility index (Phi) is 1.66. The van der Waals surface area contributed by atoms with Gasteiger partial charge in [0.2, 0.25) is 0 Å². The number of nitrogens with two attached hydrogens (primary N) is 1. The minimum Gasteiger partial charge on any atom is -0.361 e. The highest BCUT2D eigenvalue weighted by atomic mass is 32.2. The summed E-state index contributed by atoms with van der Waals surface area (Å²) in [7, 11) is -0.862. The number of rotatable bonds is 0. The van der Waals surface area contributed by atoms with E-state index in [0.717, 1.165) is 10.5 Å². The molecule has 0 saturated heterocycles. The molecule has 0 aromatic heterocycles. The van der Waals surface area contributed by atoms with Crippen molar-refractivity contribution in [3.63, 3.8) is 0 Å². The normalized spacial score (nSPS) is 22.2. The molecule has 1 atom stereocenters. The molecule has 2 nitrogen and oxygen atoms in total. The van der Waals surface area contributed by atoms with Crippen LogP contribution in [-0.4, -0.2) is 5.24 Å². The van der Waals surface area contributed by atoms with E-state index in [2.05, 4.69) is 0 Å². The fraction of sp³-hybridized carbons (Fsp3) is 0. The molecule has 1 aliphatic heterocycles. The van der Waals surface area contributed by atoms with E-state index in [9.17, 15) is 4.79 Å². The third-order valence-corrected chi connectivity index (χ3v) is 3.69. The minimum absolute atomic E-state index is 0.216. The number of benzene rings is 1. The zero-order chi connectivity index (χ0) is 8.55. The van der Waals surface area contributed by atoms with Gasteiger partial charge in [0, 0.05) is 4.90 Å². The van der Waals surface area contributed by atoms with Crippen molar-refractivity contribution in [1.29, 1.82) is 0 Å². The number of carbonyl (C=O) groups is 1. The molecule has 0 radical (unpaired) electrons. The summed E-state index contributed by atoms with van der Waals surface area (Å²) in [4.78, 5) is 12.0. The van der Waals surface area contributed by atoms with E-state index in [1.54, 1.807) is 0 Å². The molecule has 2 rings (SSSR count). The fourth-order valence-electron chi connectivity index (χ4n) is 1.28. The Labute approximate surface area is 73.4 Å². The molecule has 1 aliphatic rings. The lowest BCUT2D eigenvalue weighted by Gasteiger charge is -2.09. The molecule has 0 spiro atoms. The first-order valence-electron chi connectivity index (χ1n) is 3.65. The third-order valence-electron chi connectivity index (χ3n) is 1.84. The first-order valence-corrected chi connectivity index (χ1v) is 5.06. The molecule has 1 aromatic rings. The summed E-state index contributed by atoms with van der Waals surface area (Å²) in [6.07, 6.45) is 1.96. The van der Waals surface area contributed by atoms with Gasteiger partial charge in [-0.2, -0.15) is 0 Å². The maximum absolute atomic E-state index is 11.0. The molecule has 1 unspecified atom stereocenters. The summed E-state index contributed by atoms with van der Waals surface area (Å²) in [5.41, 5.74) is 6.38. The molecule has 0 aliphatic carbocycles. The maximum atomic E-state index is 11.0. The van der Waals surface area contributed by atoms with Gasteiger partial charge in [-0.1, -0.05) is 18.2 Å². The number of amides is 1. The summed E-state index contributed by atoms with van der Waals surface area (Å²) in [6.45, 7) is 0. The van der Waals surface area contributed by atoms with Crippen LogP contribution in [-0.2, 0) is 0 Å². The van der Waals surface area contributed by atoms with Crippen molar-refractivity contribution in [2.45, 2.75) is 4.90 Å². The van der Waals surface area contributed by atoms with E-state index >= 15 is 0 Å². The van der Waals surface area contributed by atoms with Crippen LogP contribution in [0.4, 0.5) is 4.79 Å². The molecule has 2 N–H and O–H groups in total. The predicted octanol–water partition coefficient (Wildman–Crippen LogP) is 2.11. The summed E-state index contributed by atoms with van der Waals surface area (Å²) >= 11 is 0. The molecular weight excluding hydrogens is 170 g/mol. The Hall–Kier alpha value is -1.22. The molecule has 1 amide bonds. The Morgan fingerprint density at radius 3 is 2.83 bits per heavy atom. The standard InChI is InChI=1S/C9H9NOS/c10-9(11)12-6-5-7-3-1-2-4-8(7)12/h1-6,12H,(H2,10,11). The van der Waals surface area contributed by atoms with Gasteiger partial charge in [-0.25, -0.2) is 0 Å². The van der Waals surface area contributed by atoms with Gasteiger partial charge in [0.15, 0.2) is 0 Å². The zero-order valence-corrected chi connectivity index (χ0v) is 7.29. The highest BCUT2D eigenvalue weighted by Gasteiger charge is 2.16. The number of hydrogen-bond acceptors (Lipinski definition) is 1. The Morgan fingerprint density at radius 1 is 1.33 bits per heavy atom. The monoisotopic (exact) mass is 179 g/mol. The smallest absolute Gasteiger partial charge is 0.264 e. The van der Waals surface area contributed by atoms with Crippen LogP contribution in [0.15, 0.2) is 34.6 Å². The van der Waals surface area contributed by atoms with Gasteiger partial charge in [-0.15, -0.1) is 10.9 Å². The van der Waals surface area contributed by atoms with Gasteiger partial charge in [-0.3, -0.25) is 4.79 Å². The maximum Gasteiger partial charge on any atom is 0.264 e. The average molecular weight is 179 g/mol. The largest absolute Gasteiger partial charge is 0.361 e. The highest BCUT2D eigenvalue weighted by molar-refractivity contribution is 8.32. The second kappa shape index (κ2) is 2.68. The van der Waals surface area contributed by atoms with Crippen molar-refractivity contribution >= 4 is 22.2 Å². The molecule has 0 saturated carbocycles. The summed E-state index contributed by atoms with van der Waals surface area (Å²) in [6, 6.07) is 7.86. The van der Waals surface area contributed by atoms with E-state index in [-0.39, 0.29) is 5.24 Å². The van der Waals surface area contributed by atoms with Gasteiger partial charge >= 0.3 is 0 Å². The quantitative estimate of drug-likeness (QED) is 0.588. The lowest BCUT2D eigenvalue weighted by atomic mass is 10.2. The van der Waals surface area contributed by atoms with Crippen LogP contribution >= 0.6 is 10.9 Å². The molecule has 0 fully saturated rings. The molecule has 12 heavy (non-hydrogen) atoms. The number of hydrogen-bond donors (Lipinski definition) is 2. The predicted molar refractivity (Wildman–Crippen MR) is 52.3 cm³/mol. The van der Waals surface area contributed by atoms with Gasteiger partial charge < -0.3 is 5.73 Å². The van der Waals surface area contributed by atoms with Gasteiger partial charge in [0.05, 0.1) is 0 Å². The van der Waals surface area contributed by atoms with Crippen LogP contribution in [0.1, 0.15) is 5.56 Å². The van der Waals surface area contributed by atoms with Gasteiger partial charge in [-0.05, 0) is 23.1 Å². The summed E-state index contributed by atoms with van der Waals surface area (Å²) in [5, 5.41) is 1.69. The fourth-order valence-corrected chi connectivity index (χ4v) is 2.80. The second-order valence-electron chi connectivity index (χ2n) is 2.58. The molecule has 1 aromatic carbocycles. The van der Waals surface area contributed by atoms with Crippen molar-refractivity contribution in [2.75, 3.05) is 0 Å².